The van der Waals surface area contributed by atoms with E-state index in [-0.39, 0.29) is 5.91 Å². The Kier molecular flexibility index (Phi) is 6.30. The third-order valence-corrected chi connectivity index (χ3v) is 4.92. The number of hydrogen-bond acceptors (Lipinski definition) is 2. The molecule has 0 bridgehead atoms. The molecule has 0 spiro atoms. The van der Waals surface area contributed by atoms with Crippen LogP contribution in [0, 0.1) is 11.8 Å². The third kappa shape index (κ3) is 6.03. The van der Waals surface area contributed by atoms with Crippen LogP contribution in [0.25, 0.3) is 0 Å². The van der Waals surface area contributed by atoms with Gasteiger partial charge in [0.15, 0.2) is 0 Å². The molecule has 0 aromatic carbocycles. The van der Waals surface area contributed by atoms with Crippen molar-refractivity contribution >= 4 is 11.8 Å². The molecule has 1 N–H and O–H groups in total. The lowest BCUT2D eigenvalue weighted by molar-refractivity contribution is -0.143. The molecule has 1 aliphatic carbocycles. The fourth-order valence-corrected chi connectivity index (χ4v) is 3.51. The minimum atomic E-state index is -4.38. The van der Waals surface area contributed by atoms with Gasteiger partial charge in [-0.05, 0) is 25.2 Å². The number of amides is 2. The number of halogens is 3. The van der Waals surface area contributed by atoms with E-state index in [1.807, 2.05) is 5.32 Å². The van der Waals surface area contributed by atoms with Gasteiger partial charge < -0.3 is 10.2 Å². The van der Waals surface area contributed by atoms with Crippen molar-refractivity contribution in [2.45, 2.75) is 57.5 Å². The SMILES string of the molecule is O=C(NCC(F)(F)F)C1CCN(C(=O)CCC2CCCC2)CC1. The quantitative estimate of drug-likeness (QED) is 0.840. The highest BCUT2D eigenvalue weighted by atomic mass is 19.4. The minimum Gasteiger partial charge on any atom is -0.347 e. The molecule has 23 heavy (non-hydrogen) atoms. The van der Waals surface area contributed by atoms with E-state index in [1.165, 1.54) is 25.7 Å². The normalized spacial score (nSPS) is 20.7. The summed E-state index contributed by atoms with van der Waals surface area (Å²) in [5, 5.41) is 1.93. The van der Waals surface area contributed by atoms with E-state index in [1.54, 1.807) is 4.90 Å². The first kappa shape index (κ1) is 18.1. The van der Waals surface area contributed by atoms with Gasteiger partial charge in [-0.2, -0.15) is 13.2 Å². The maximum atomic E-state index is 12.2. The van der Waals surface area contributed by atoms with Crippen LogP contribution in [0.4, 0.5) is 13.2 Å². The van der Waals surface area contributed by atoms with Crippen LogP contribution in [0.1, 0.15) is 51.4 Å². The molecule has 2 amide bonds. The van der Waals surface area contributed by atoms with Crippen LogP contribution in [0.5, 0.6) is 0 Å². The topological polar surface area (TPSA) is 49.4 Å². The molecule has 0 atom stereocenters. The van der Waals surface area contributed by atoms with Gasteiger partial charge in [0.25, 0.3) is 0 Å². The Labute approximate surface area is 134 Å². The predicted molar refractivity (Wildman–Crippen MR) is 79.6 cm³/mol. The van der Waals surface area contributed by atoms with Crippen LogP contribution >= 0.6 is 0 Å². The number of likely N-dealkylation sites (tertiary alicyclic amines) is 1. The molecule has 2 fully saturated rings. The Balaban J connectivity index is 1.66. The van der Waals surface area contributed by atoms with Crippen molar-refractivity contribution in [1.82, 2.24) is 10.2 Å². The first-order valence-electron chi connectivity index (χ1n) is 8.47. The fourth-order valence-electron chi connectivity index (χ4n) is 3.51. The number of nitrogens with one attached hydrogen (secondary N) is 1. The van der Waals surface area contributed by atoms with Crippen LogP contribution in [-0.4, -0.2) is 42.5 Å². The van der Waals surface area contributed by atoms with Crippen molar-refractivity contribution in [3.63, 3.8) is 0 Å². The molecule has 132 valence electrons. The van der Waals surface area contributed by atoms with E-state index in [0.29, 0.717) is 38.3 Å². The smallest absolute Gasteiger partial charge is 0.347 e. The van der Waals surface area contributed by atoms with E-state index in [2.05, 4.69) is 0 Å². The standard InChI is InChI=1S/C16H25F3N2O2/c17-16(18,19)11-20-15(23)13-7-9-21(10-8-13)14(22)6-5-12-3-1-2-4-12/h12-13H,1-11H2,(H,20,23). The summed E-state index contributed by atoms with van der Waals surface area (Å²) >= 11 is 0. The number of piperidine rings is 1. The predicted octanol–water partition coefficient (Wildman–Crippen LogP) is 2.87. The number of alkyl halides is 3. The second kappa shape index (κ2) is 8.02. The third-order valence-electron chi connectivity index (χ3n) is 4.92. The second-order valence-corrected chi connectivity index (χ2v) is 6.68. The van der Waals surface area contributed by atoms with Gasteiger partial charge in [-0.25, -0.2) is 0 Å². The molecule has 0 aromatic heterocycles. The molecule has 0 radical (unpaired) electrons. The summed E-state index contributed by atoms with van der Waals surface area (Å²) in [5.41, 5.74) is 0. The van der Waals surface area contributed by atoms with Crippen LogP contribution < -0.4 is 5.32 Å². The molecule has 0 unspecified atom stereocenters. The Morgan fingerprint density at radius 3 is 2.22 bits per heavy atom. The van der Waals surface area contributed by atoms with Crippen molar-refractivity contribution in [2.75, 3.05) is 19.6 Å². The molecule has 1 saturated carbocycles. The molecule has 7 heteroatoms. The number of carbonyl (C=O) groups excluding carboxylic acids is 2. The second-order valence-electron chi connectivity index (χ2n) is 6.68. The van der Waals surface area contributed by atoms with E-state index >= 15 is 0 Å². The summed E-state index contributed by atoms with van der Waals surface area (Å²) in [4.78, 5) is 25.6. The molecule has 0 aromatic rings. The zero-order valence-corrected chi connectivity index (χ0v) is 13.3. The summed E-state index contributed by atoms with van der Waals surface area (Å²) in [6.45, 7) is -0.354. The molecule has 1 saturated heterocycles. The summed E-state index contributed by atoms with van der Waals surface area (Å²) < 4.78 is 36.3. The average molecular weight is 334 g/mol. The van der Waals surface area contributed by atoms with Gasteiger partial charge in [0.1, 0.15) is 6.54 Å². The van der Waals surface area contributed by atoms with Crippen molar-refractivity contribution < 1.29 is 22.8 Å². The number of hydrogen-bond donors (Lipinski definition) is 1. The molecular formula is C16H25F3N2O2. The maximum Gasteiger partial charge on any atom is 0.405 e. The van der Waals surface area contributed by atoms with Crippen molar-refractivity contribution in [2.24, 2.45) is 11.8 Å². The highest BCUT2D eigenvalue weighted by Crippen LogP contribution is 2.29. The summed E-state index contributed by atoms with van der Waals surface area (Å²) in [7, 11) is 0. The maximum absolute atomic E-state index is 12.2. The zero-order chi connectivity index (χ0) is 16.9. The van der Waals surface area contributed by atoms with E-state index < -0.39 is 24.5 Å². The first-order valence-corrected chi connectivity index (χ1v) is 8.47. The highest BCUT2D eigenvalue weighted by molar-refractivity contribution is 5.80. The Hall–Kier alpha value is -1.27. The average Bonchev–Trinajstić information content (AvgIpc) is 3.03. The molecule has 1 heterocycles. The van der Waals surface area contributed by atoms with E-state index in [0.717, 1.165) is 6.42 Å². The Bertz CT molecular complexity index is 412. The van der Waals surface area contributed by atoms with Crippen LogP contribution in [0.3, 0.4) is 0 Å². The number of rotatable bonds is 5. The van der Waals surface area contributed by atoms with Gasteiger partial charge in [0, 0.05) is 25.4 Å². The monoisotopic (exact) mass is 334 g/mol. The van der Waals surface area contributed by atoms with Gasteiger partial charge in [0.2, 0.25) is 11.8 Å². The number of carbonyl (C=O) groups is 2. The molecule has 4 nitrogen and oxygen atoms in total. The van der Waals surface area contributed by atoms with Crippen LogP contribution in [0.15, 0.2) is 0 Å². The van der Waals surface area contributed by atoms with E-state index in [4.69, 9.17) is 0 Å². The van der Waals surface area contributed by atoms with Gasteiger partial charge in [0.05, 0.1) is 0 Å². The fraction of sp³-hybridized carbons (Fsp3) is 0.875. The van der Waals surface area contributed by atoms with Gasteiger partial charge in [-0.1, -0.05) is 25.7 Å². The Morgan fingerprint density at radius 1 is 1.04 bits per heavy atom. The lowest BCUT2D eigenvalue weighted by Gasteiger charge is -2.31. The highest BCUT2D eigenvalue weighted by Gasteiger charge is 2.31. The van der Waals surface area contributed by atoms with Gasteiger partial charge in [-0.15, -0.1) is 0 Å². The van der Waals surface area contributed by atoms with Crippen LogP contribution in [-0.2, 0) is 9.59 Å². The summed E-state index contributed by atoms with van der Waals surface area (Å²) in [6, 6.07) is 0. The van der Waals surface area contributed by atoms with Gasteiger partial charge in [-0.3, -0.25) is 9.59 Å². The Morgan fingerprint density at radius 2 is 1.65 bits per heavy atom. The van der Waals surface area contributed by atoms with Crippen LogP contribution in [0.2, 0.25) is 0 Å². The lowest BCUT2D eigenvalue weighted by atomic mass is 9.95. The lowest BCUT2D eigenvalue weighted by Crippen LogP contribution is -2.44. The summed E-state index contributed by atoms with van der Waals surface area (Å²) in [5.74, 6) is -0.188. The van der Waals surface area contributed by atoms with Gasteiger partial charge >= 0.3 is 6.18 Å². The van der Waals surface area contributed by atoms with E-state index in [9.17, 15) is 22.8 Å². The van der Waals surface area contributed by atoms with Crippen molar-refractivity contribution in [3.05, 3.63) is 0 Å². The zero-order valence-electron chi connectivity index (χ0n) is 13.3. The largest absolute Gasteiger partial charge is 0.405 e. The first-order chi connectivity index (χ1) is 10.8. The molecule has 2 rings (SSSR count). The van der Waals surface area contributed by atoms with Crippen molar-refractivity contribution in [1.29, 1.82) is 0 Å². The minimum absolute atomic E-state index is 0.117. The molecule has 2 aliphatic rings. The van der Waals surface area contributed by atoms with Crippen molar-refractivity contribution in [3.8, 4) is 0 Å². The summed E-state index contributed by atoms with van der Waals surface area (Å²) in [6.07, 6.45) is 2.95. The molecular weight excluding hydrogens is 309 g/mol. The molecule has 1 aliphatic heterocycles. The number of nitrogens with zero attached hydrogens (tertiary/aromatic N) is 1.